The van der Waals surface area contributed by atoms with E-state index in [1.54, 1.807) is 31.4 Å². The van der Waals surface area contributed by atoms with E-state index < -0.39 is 23.8 Å². The molecular formula is C15H14F2O3. The Morgan fingerprint density at radius 2 is 1.75 bits per heavy atom. The van der Waals surface area contributed by atoms with Crippen LogP contribution in [-0.4, -0.2) is 12.2 Å². The predicted molar refractivity (Wildman–Crippen MR) is 69.6 cm³/mol. The number of aliphatic hydroxyl groups is 1. The van der Waals surface area contributed by atoms with Crippen molar-refractivity contribution < 1.29 is 23.4 Å². The van der Waals surface area contributed by atoms with E-state index in [0.29, 0.717) is 5.75 Å². The lowest BCUT2D eigenvalue weighted by atomic mass is 10.2. The van der Waals surface area contributed by atoms with Crippen LogP contribution in [0.1, 0.15) is 11.1 Å². The molecule has 3 nitrogen and oxygen atoms in total. The largest absolute Gasteiger partial charge is 0.497 e. The molecule has 20 heavy (non-hydrogen) atoms. The lowest BCUT2D eigenvalue weighted by Gasteiger charge is -2.10. The van der Waals surface area contributed by atoms with Gasteiger partial charge in [-0.15, -0.1) is 0 Å². The molecule has 5 heteroatoms. The maximum atomic E-state index is 13.8. The van der Waals surface area contributed by atoms with Crippen molar-refractivity contribution in [1.29, 1.82) is 0 Å². The first-order valence-corrected chi connectivity index (χ1v) is 5.99. The Kier molecular flexibility index (Phi) is 4.53. The molecule has 2 aromatic rings. The maximum Gasteiger partial charge on any atom is 0.173 e. The second-order valence-electron chi connectivity index (χ2n) is 4.13. The fourth-order valence-corrected chi connectivity index (χ4v) is 1.72. The summed E-state index contributed by atoms with van der Waals surface area (Å²) in [7, 11) is 1.57. The van der Waals surface area contributed by atoms with Crippen LogP contribution in [0.4, 0.5) is 8.78 Å². The van der Waals surface area contributed by atoms with Gasteiger partial charge >= 0.3 is 0 Å². The predicted octanol–water partition coefficient (Wildman–Crippen LogP) is 3.04. The first-order chi connectivity index (χ1) is 9.65. The number of rotatable bonds is 5. The number of benzene rings is 2. The second-order valence-corrected chi connectivity index (χ2v) is 4.13. The van der Waals surface area contributed by atoms with E-state index in [2.05, 4.69) is 0 Å². The lowest BCUT2D eigenvalue weighted by molar-refractivity contribution is 0.256. The Hall–Kier alpha value is -2.14. The molecule has 0 spiro atoms. The number of hydrogen-bond acceptors (Lipinski definition) is 3. The summed E-state index contributed by atoms with van der Waals surface area (Å²) in [5.74, 6) is -1.04. The molecule has 0 radical (unpaired) electrons. The van der Waals surface area contributed by atoms with E-state index in [-0.39, 0.29) is 12.4 Å². The van der Waals surface area contributed by atoms with E-state index in [4.69, 9.17) is 14.6 Å². The molecule has 2 rings (SSSR count). The summed E-state index contributed by atoms with van der Waals surface area (Å²) in [6.45, 7) is -0.575. The Morgan fingerprint density at radius 3 is 2.35 bits per heavy atom. The summed E-state index contributed by atoms with van der Waals surface area (Å²) < 4.78 is 37.3. The van der Waals surface area contributed by atoms with Gasteiger partial charge in [0.05, 0.1) is 19.3 Å². The lowest BCUT2D eigenvalue weighted by Crippen LogP contribution is -2.02. The van der Waals surface area contributed by atoms with Crippen LogP contribution in [0.25, 0.3) is 0 Å². The smallest absolute Gasteiger partial charge is 0.173 e. The number of methoxy groups -OCH3 is 1. The SMILES string of the molecule is COc1ccc(COc2ccc(F)c(CO)c2F)cc1. The minimum atomic E-state index is -0.874. The summed E-state index contributed by atoms with van der Waals surface area (Å²) in [6, 6.07) is 9.36. The average Bonchev–Trinajstić information content (AvgIpc) is 2.47. The van der Waals surface area contributed by atoms with Crippen molar-refractivity contribution >= 4 is 0 Å². The third-order valence-electron chi connectivity index (χ3n) is 2.86. The quantitative estimate of drug-likeness (QED) is 0.915. The molecule has 0 saturated heterocycles. The summed E-state index contributed by atoms with van der Waals surface area (Å²) >= 11 is 0. The van der Waals surface area contributed by atoms with Gasteiger partial charge < -0.3 is 14.6 Å². The molecule has 2 aromatic carbocycles. The fraction of sp³-hybridized carbons (Fsp3) is 0.200. The first kappa shape index (κ1) is 14.3. The molecule has 0 aliphatic rings. The van der Waals surface area contributed by atoms with Crippen LogP contribution in [0.15, 0.2) is 36.4 Å². The normalized spacial score (nSPS) is 10.4. The molecule has 0 heterocycles. The molecule has 106 valence electrons. The van der Waals surface area contributed by atoms with Crippen molar-refractivity contribution in [3.63, 3.8) is 0 Å². The third-order valence-corrected chi connectivity index (χ3v) is 2.86. The van der Waals surface area contributed by atoms with Crippen molar-refractivity contribution in [1.82, 2.24) is 0 Å². The van der Waals surface area contributed by atoms with E-state index in [1.165, 1.54) is 6.07 Å². The Labute approximate surface area is 115 Å². The summed E-state index contributed by atoms with van der Waals surface area (Å²) in [5.41, 5.74) is 0.428. The standard InChI is InChI=1S/C15H14F2O3/c1-19-11-4-2-10(3-5-11)9-20-14-7-6-13(16)12(8-18)15(14)17/h2-7,18H,8-9H2,1H3. The van der Waals surface area contributed by atoms with Gasteiger partial charge in [-0.25, -0.2) is 8.78 Å². The molecule has 0 unspecified atom stereocenters. The minimum Gasteiger partial charge on any atom is -0.497 e. The van der Waals surface area contributed by atoms with Crippen LogP contribution in [0.5, 0.6) is 11.5 Å². The van der Waals surface area contributed by atoms with Crippen molar-refractivity contribution in [2.45, 2.75) is 13.2 Å². The van der Waals surface area contributed by atoms with Crippen LogP contribution in [-0.2, 0) is 13.2 Å². The molecular weight excluding hydrogens is 266 g/mol. The zero-order valence-electron chi connectivity index (χ0n) is 10.9. The molecule has 0 fully saturated rings. The molecule has 0 aromatic heterocycles. The van der Waals surface area contributed by atoms with Crippen molar-refractivity contribution in [2.75, 3.05) is 7.11 Å². The van der Waals surface area contributed by atoms with Crippen molar-refractivity contribution in [3.8, 4) is 11.5 Å². The summed E-state index contributed by atoms with van der Waals surface area (Å²) in [4.78, 5) is 0. The third kappa shape index (κ3) is 3.05. The van der Waals surface area contributed by atoms with Crippen LogP contribution < -0.4 is 9.47 Å². The molecule has 0 aliphatic carbocycles. The van der Waals surface area contributed by atoms with E-state index in [0.717, 1.165) is 11.6 Å². The van der Waals surface area contributed by atoms with E-state index in [9.17, 15) is 8.78 Å². The number of hydrogen-bond donors (Lipinski definition) is 1. The summed E-state index contributed by atoms with van der Waals surface area (Å²) in [6.07, 6.45) is 0. The van der Waals surface area contributed by atoms with Gasteiger partial charge in [-0.1, -0.05) is 12.1 Å². The van der Waals surface area contributed by atoms with Gasteiger partial charge in [0, 0.05) is 0 Å². The molecule has 0 aliphatic heterocycles. The van der Waals surface area contributed by atoms with Crippen LogP contribution in [0.2, 0.25) is 0 Å². The molecule has 0 bridgehead atoms. The molecule has 0 amide bonds. The van der Waals surface area contributed by atoms with Gasteiger partial charge in [0.2, 0.25) is 0 Å². The Morgan fingerprint density at radius 1 is 1.05 bits per heavy atom. The molecule has 1 N–H and O–H groups in total. The number of ether oxygens (including phenoxy) is 2. The van der Waals surface area contributed by atoms with Crippen molar-refractivity contribution in [2.24, 2.45) is 0 Å². The maximum absolute atomic E-state index is 13.8. The topological polar surface area (TPSA) is 38.7 Å². The van der Waals surface area contributed by atoms with Gasteiger partial charge in [-0.3, -0.25) is 0 Å². The highest BCUT2D eigenvalue weighted by Gasteiger charge is 2.13. The van der Waals surface area contributed by atoms with Gasteiger partial charge in [0.25, 0.3) is 0 Å². The Bertz CT molecular complexity index is 582. The van der Waals surface area contributed by atoms with Crippen molar-refractivity contribution in [3.05, 3.63) is 59.2 Å². The average molecular weight is 280 g/mol. The zero-order chi connectivity index (χ0) is 14.5. The summed E-state index contributed by atoms with van der Waals surface area (Å²) in [5, 5.41) is 8.92. The highest BCUT2D eigenvalue weighted by atomic mass is 19.1. The number of aliphatic hydroxyl groups excluding tert-OH is 1. The molecule has 0 atom stereocenters. The minimum absolute atomic E-state index is 0.0914. The highest BCUT2D eigenvalue weighted by Crippen LogP contribution is 2.24. The van der Waals surface area contributed by atoms with Crippen LogP contribution in [0, 0.1) is 11.6 Å². The van der Waals surface area contributed by atoms with Crippen LogP contribution >= 0.6 is 0 Å². The molecule has 0 saturated carbocycles. The van der Waals surface area contributed by atoms with E-state index in [1.807, 2.05) is 0 Å². The fourth-order valence-electron chi connectivity index (χ4n) is 1.72. The van der Waals surface area contributed by atoms with Gasteiger partial charge in [-0.2, -0.15) is 0 Å². The van der Waals surface area contributed by atoms with Gasteiger partial charge in [0.15, 0.2) is 11.6 Å². The number of halogens is 2. The van der Waals surface area contributed by atoms with Gasteiger partial charge in [-0.05, 0) is 29.8 Å². The second kappa shape index (κ2) is 6.34. The highest BCUT2D eigenvalue weighted by molar-refractivity contribution is 5.33. The van der Waals surface area contributed by atoms with Crippen LogP contribution in [0.3, 0.4) is 0 Å². The Balaban J connectivity index is 2.10. The monoisotopic (exact) mass is 280 g/mol. The first-order valence-electron chi connectivity index (χ1n) is 5.99. The van der Waals surface area contributed by atoms with E-state index >= 15 is 0 Å². The zero-order valence-corrected chi connectivity index (χ0v) is 10.9. The van der Waals surface area contributed by atoms with Gasteiger partial charge in [0.1, 0.15) is 18.2 Å².